The first-order valence-electron chi connectivity index (χ1n) is 9.65. The number of hydrogen-bond acceptors (Lipinski definition) is 6. The van der Waals surface area contributed by atoms with Gasteiger partial charge in [0.05, 0.1) is 41.9 Å². The minimum absolute atomic E-state index is 0.0176. The third-order valence-electron chi connectivity index (χ3n) is 5.12. The second kappa shape index (κ2) is 7.68. The summed E-state index contributed by atoms with van der Waals surface area (Å²) in [5.74, 6) is 0.780. The van der Waals surface area contributed by atoms with Gasteiger partial charge >= 0.3 is 0 Å². The standard InChI is InChI=1S/C21H19FN6O2/c22-14-4-3-7-23-17(14)8-24-20(29)18-9-25-21(30-18)13-10-28(11-13)12-19-26-15-5-1-2-6-16(15)27-19/h1-7,9,13H,8,10-12H2,(H,24,29)(H,26,27). The van der Waals surface area contributed by atoms with Crippen LogP contribution >= 0.6 is 0 Å². The topological polar surface area (TPSA) is 99.9 Å². The third kappa shape index (κ3) is 3.67. The Morgan fingerprint density at radius 1 is 1.23 bits per heavy atom. The average molecular weight is 406 g/mol. The number of aromatic nitrogens is 4. The number of pyridine rings is 1. The minimum Gasteiger partial charge on any atom is -0.435 e. The Bertz CT molecular complexity index is 1160. The van der Waals surface area contributed by atoms with Gasteiger partial charge in [0.2, 0.25) is 11.7 Å². The molecule has 0 bridgehead atoms. The summed E-state index contributed by atoms with van der Waals surface area (Å²) in [5.41, 5.74) is 2.16. The molecule has 1 aromatic carbocycles. The lowest BCUT2D eigenvalue weighted by Crippen LogP contribution is -2.44. The molecule has 0 atom stereocenters. The van der Waals surface area contributed by atoms with E-state index < -0.39 is 11.7 Å². The fourth-order valence-corrected chi connectivity index (χ4v) is 3.53. The molecule has 1 aliphatic rings. The van der Waals surface area contributed by atoms with Crippen molar-refractivity contribution in [2.75, 3.05) is 13.1 Å². The van der Waals surface area contributed by atoms with Crippen molar-refractivity contribution in [2.24, 2.45) is 0 Å². The molecule has 1 aliphatic heterocycles. The van der Waals surface area contributed by atoms with E-state index in [4.69, 9.17) is 4.42 Å². The number of halogens is 1. The Balaban J connectivity index is 1.14. The lowest BCUT2D eigenvalue weighted by Gasteiger charge is -2.36. The summed E-state index contributed by atoms with van der Waals surface area (Å²) in [4.78, 5) is 30.5. The highest BCUT2D eigenvalue weighted by atomic mass is 19.1. The fourth-order valence-electron chi connectivity index (χ4n) is 3.53. The minimum atomic E-state index is -0.463. The van der Waals surface area contributed by atoms with Gasteiger partial charge in [-0.1, -0.05) is 12.1 Å². The first kappa shape index (κ1) is 18.4. The van der Waals surface area contributed by atoms with Crippen LogP contribution in [-0.4, -0.2) is 43.8 Å². The van der Waals surface area contributed by atoms with Crippen molar-refractivity contribution in [3.05, 3.63) is 77.8 Å². The molecule has 3 aromatic heterocycles. The lowest BCUT2D eigenvalue weighted by atomic mass is 10.0. The Hall–Kier alpha value is -3.59. The zero-order chi connectivity index (χ0) is 20.5. The van der Waals surface area contributed by atoms with E-state index in [2.05, 4.69) is 30.2 Å². The van der Waals surface area contributed by atoms with Crippen LogP contribution in [0.25, 0.3) is 11.0 Å². The fraction of sp³-hybridized carbons (Fsp3) is 0.238. The average Bonchev–Trinajstić information content (AvgIpc) is 3.36. The number of carbonyl (C=O) groups is 1. The lowest BCUT2D eigenvalue weighted by molar-refractivity contribution is 0.0905. The summed E-state index contributed by atoms with van der Waals surface area (Å²) in [6, 6.07) is 10.7. The van der Waals surface area contributed by atoms with Gasteiger partial charge in [-0.3, -0.25) is 14.7 Å². The van der Waals surface area contributed by atoms with Gasteiger partial charge in [-0.25, -0.2) is 14.4 Å². The van der Waals surface area contributed by atoms with Gasteiger partial charge in [-0.2, -0.15) is 0 Å². The van der Waals surface area contributed by atoms with Gasteiger partial charge in [-0.15, -0.1) is 0 Å². The van der Waals surface area contributed by atoms with Crippen LogP contribution in [0.3, 0.4) is 0 Å². The van der Waals surface area contributed by atoms with Crippen LogP contribution in [0.2, 0.25) is 0 Å². The zero-order valence-electron chi connectivity index (χ0n) is 16.0. The molecule has 152 valence electrons. The quantitative estimate of drug-likeness (QED) is 0.511. The van der Waals surface area contributed by atoms with Gasteiger partial charge in [-0.05, 0) is 24.3 Å². The van der Waals surface area contributed by atoms with E-state index in [0.717, 1.165) is 36.5 Å². The van der Waals surface area contributed by atoms with Gasteiger partial charge < -0.3 is 14.7 Å². The summed E-state index contributed by atoms with van der Waals surface area (Å²) >= 11 is 0. The van der Waals surface area contributed by atoms with Gasteiger partial charge in [0.15, 0.2) is 0 Å². The molecule has 1 fully saturated rings. The molecule has 0 spiro atoms. The number of amides is 1. The summed E-state index contributed by atoms with van der Waals surface area (Å²) < 4.78 is 19.2. The monoisotopic (exact) mass is 406 g/mol. The van der Waals surface area contributed by atoms with Crippen LogP contribution in [0.15, 0.2) is 53.2 Å². The first-order chi connectivity index (χ1) is 14.7. The molecule has 5 rings (SSSR count). The molecule has 9 heteroatoms. The maximum absolute atomic E-state index is 13.6. The Kier molecular flexibility index (Phi) is 4.72. The normalized spacial score (nSPS) is 14.7. The number of imidazole rings is 1. The molecule has 8 nitrogen and oxygen atoms in total. The molecular weight excluding hydrogens is 387 g/mol. The SMILES string of the molecule is O=C(NCc1ncccc1F)c1cnc(C2CN(Cc3nc4ccccc4[nH]3)C2)o1. The van der Waals surface area contributed by atoms with E-state index in [1.54, 1.807) is 0 Å². The van der Waals surface area contributed by atoms with Crippen LogP contribution in [0.1, 0.15) is 33.9 Å². The molecule has 1 saturated heterocycles. The van der Waals surface area contributed by atoms with Gasteiger partial charge in [0.1, 0.15) is 11.6 Å². The smallest absolute Gasteiger partial charge is 0.289 e. The van der Waals surface area contributed by atoms with E-state index in [1.807, 2.05) is 24.3 Å². The van der Waals surface area contributed by atoms with Crippen LogP contribution in [0.5, 0.6) is 0 Å². The highest BCUT2D eigenvalue weighted by Gasteiger charge is 2.32. The van der Waals surface area contributed by atoms with E-state index in [-0.39, 0.29) is 23.9 Å². The van der Waals surface area contributed by atoms with Crippen molar-refractivity contribution in [3.63, 3.8) is 0 Å². The Labute approximate surface area is 171 Å². The van der Waals surface area contributed by atoms with Crippen molar-refractivity contribution < 1.29 is 13.6 Å². The number of carbonyl (C=O) groups excluding carboxylic acids is 1. The van der Waals surface area contributed by atoms with Crippen LogP contribution in [-0.2, 0) is 13.1 Å². The second-order valence-electron chi connectivity index (χ2n) is 7.27. The number of para-hydroxylation sites is 2. The molecule has 0 aliphatic carbocycles. The number of hydrogen-bond donors (Lipinski definition) is 2. The molecule has 4 heterocycles. The van der Waals surface area contributed by atoms with E-state index in [0.29, 0.717) is 5.89 Å². The highest BCUT2D eigenvalue weighted by molar-refractivity contribution is 5.91. The maximum atomic E-state index is 13.6. The Morgan fingerprint density at radius 3 is 2.93 bits per heavy atom. The van der Waals surface area contributed by atoms with Crippen LogP contribution in [0, 0.1) is 5.82 Å². The Morgan fingerprint density at radius 2 is 2.10 bits per heavy atom. The third-order valence-corrected chi connectivity index (χ3v) is 5.12. The number of fused-ring (bicyclic) bond motifs is 1. The molecule has 0 radical (unpaired) electrons. The van der Waals surface area contributed by atoms with Crippen molar-refractivity contribution in [3.8, 4) is 0 Å². The highest BCUT2D eigenvalue weighted by Crippen LogP contribution is 2.28. The van der Waals surface area contributed by atoms with E-state index >= 15 is 0 Å². The molecule has 2 N–H and O–H groups in total. The number of nitrogens with zero attached hydrogens (tertiary/aromatic N) is 4. The molecule has 4 aromatic rings. The molecule has 1 amide bonds. The number of oxazole rings is 1. The summed E-state index contributed by atoms with van der Waals surface area (Å²) in [5, 5.41) is 2.60. The number of nitrogens with one attached hydrogen (secondary N) is 2. The van der Waals surface area contributed by atoms with Crippen molar-refractivity contribution in [1.29, 1.82) is 0 Å². The number of rotatable bonds is 6. The number of likely N-dealkylation sites (tertiary alicyclic amines) is 1. The number of benzene rings is 1. The number of H-pyrrole nitrogens is 1. The molecule has 0 unspecified atom stereocenters. The van der Waals surface area contributed by atoms with Crippen molar-refractivity contribution in [1.82, 2.24) is 30.2 Å². The summed E-state index contributed by atoms with van der Waals surface area (Å²) in [6.45, 7) is 2.25. The molecular formula is C21H19FN6O2. The van der Waals surface area contributed by atoms with Gasteiger partial charge in [0, 0.05) is 19.3 Å². The van der Waals surface area contributed by atoms with Crippen LogP contribution in [0.4, 0.5) is 4.39 Å². The zero-order valence-corrected chi connectivity index (χ0v) is 16.0. The van der Waals surface area contributed by atoms with E-state index in [1.165, 1.54) is 24.5 Å². The summed E-state index contributed by atoms with van der Waals surface area (Å²) in [6.07, 6.45) is 2.88. The summed E-state index contributed by atoms with van der Waals surface area (Å²) in [7, 11) is 0. The predicted molar refractivity (Wildman–Crippen MR) is 106 cm³/mol. The largest absolute Gasteiger partial charge is 0.435 e. The second-order valence-corrected chi connectivity index (χ2v) is 7.27. The van der Waals surface area contributed by atoms with Gasteiger partial charge in [0.25, 0.3) is 5.91 Å². The van der Waals surface area contributed by atoms with E-state index in [9.17, 15) is 9.18 Å². The molecule has 0 saturated carbocycles. The first-order valence-corrected chi connectivity index (χ1v) is 9.65. The molecule has 30 heavy (non-hydrogen) atoms. The number of aromatic amines is 1. The van der Waals surface area contributed by atoms with Crippen molar-refractivity contribution >= 4 is 16.9 Å². The van der Waals surface area contributed by atoms with Crippen molar-refractivity contribution in [2.45, 2.75) is 19.0 Å². The predicted octanol–water partition coefficient (Wildman–Crippen LogP) is 2.61. The maximum Gasteiger partial charge on any atom is 0.289 e. The van der Waals surface area contributed by atoms with Crippen LogP contribution < -0.4 is 5.32 Å².